The zero-order chi connectivity index (χ0) is 16.1. The molecule has 2 aliphatic heterocycles. The van der Waals surface area contributed by atoms with Gasteiger partial charge in [0.15, 0.2) is 0 Å². The van der Waals surface area contributed by atoms with Crippen molar-refractivity contribution in [3.63, 3.8) is 0 Å². The molecule has 118 valence electrons. The SMILES string of the molecule is Cc1cnc(NC2CCNCC2)nc1/C(C#N)=C1/C=CC=CN1. The predicted octanol–water partition coefficient (Wildman–Crippen LogP) is 1.86. The molecule has 3 rings (SSSR count). The van der Waals surface area contributed by atoms with Gasteiger partial charge in [0, 0.05) is 18.4 Å². The third kappa shape index (κ3) is 3.58. The van der Waals surface area contributed by atoms with Gasteiger partial charge >= 0.3 is 0 Å². The molecule has 0 unspecified atom stereocenters. The molecule has 6 nitrogen and oxygen atoms in total. The summed E-state index contributed by atoms with van der Waals surface area (Å²) >= 11 is 0. The first-order valence-corrected chi connectivity index (χ1v) is 7.83. The molecule has 0 atom stereocenters. The molecule has 0 spiro atoms. The van der Waals surface area contributed by atoms with Gasteiger partial charge in [-0.25, -0.2) is 9.97 Å². The van der Waals surface area contributed by atoms with Crippen LogP contribution in [0.1, 0.15) is 24.1 Å². The van der Waals surface area contributed by atoms with Gasteiger partial charge in [-0.1, -0.05) is 6.08 Å². The lowest BCUT2D eigenvalue weighted by Crippen LogP contribution is -2.35. The molecule has 0 bridgehead atoms. The summed E-state index contributed by atoms with van der Waals surface area (Å²) in [5, 5.41) is 19.4. The standard InChI is InChI=1S/C17H20N6/c1-12-11-21-17(22-13-5-8-19-9-6-13)23-16(12)14(10-18)15-4-2-3-7-20-15/h2-4,7,11,13,19-20H,5-6,8-9H2,1H3,(H,21,22,23)/b15-14-. The Kier molecular flexibility index (Phi) is 4.69. The van der Waals surface area contributed by atoms with Crippen LogP contribution < -0.4 is 16.0 Å². The number of hydrogen-bond donors (Lipinski definition) is 3. The summed E-state index contributed by atoms with van der Waals surface area (Å²) in [6.45, 7) is 3.93. The Bertz CT molecular complexity index is 704. The maximum atomic E-state index is 9.57. The molecule has 0 amide bonds. The summed E-state index contributed by atoms with van der Waals surface area (Å²) < 4.78 is 0. The van der Waals surface area contributed by atoms with Gasteiger partial charge in [0.25, 0.3) is 0 Å². The number of hydrogen-bond acceptors (Lipinski definition) is 6. The lowest BCUT2D eigenvalue weighted by atomic mass is 10.1. The van der Waals surface area contributed by atoms with Gasteiger partial charge < -0.3 is 16.0 Å². The average Bonchev–Trinajstić information content (AvgIpc) is 2.60. The quantitative estimate of drug-likeness (QED) is 0.739. The van der Waals surface area contributed by atoms with E-state index in [1.165, 1.54) is 0 Å². The monoisotopic (exact) mass is 308 g/mol. The molecule has 3 N–H and O–H groups in total. The molecule has 23 heavy (non-hydrogen) atoms. The van der Waals surface area contributed by atoms with Crippen molar-refractivity contribution >= 4 is 11.5 Å². The lowest BCUT2D eigenvalue weighted by molar-refractivity contribution is 0.477. The molecule has 1 fully saturated rings. The van der Waals surface area contributed by atoms with E-state index in [0.29, 0.717) is 23.3 Å². The van der Waals surface area contributed by atoms with E-state index in [-0.39, 0.29) is 0 Å². The van der Waals surface area contributed by atoms with E-state index >= 15 is 0 Å². The van der Waals surface area contributed by atoms with Crippen LogP contribution in [0.4, 0.5) is 5.95 Å². The third-order valence-electron chi connectivity index (χ3n) is 3.97. The van der Waals surface area contributed by atoms with Crippen molar-refractivity contribution in [3.05, 3.63) is 47.6 Å². The third-order valence-corrected chi connectivity index (χ3v) is 3.97. The predicted molar refractivity (Wildman–Crippen MR) is 90.2 cm³/mol. The van der Waals surface area contributed by atoms with E-state index in [1.54, 1.807) is 12.4 Å². The Morgan fingerprint density at radius 2 is 2.17 bits per heavy atom. The van der Waals surface area contributed by atoms with Crippen molar-refractivity contribution < 1.29 is 0 Å². The second-order valence-electron chi connectivity index (χ2n) is 5.66. The van der Waals surface area contributed by atoms with Crippen LogP contribution in [0.3, 0.4) is 0 Å². The highest BCUT2D eigenvalue weighted by molar-refractivity contribution is 5.80. The number of nitrogens with zero attached hydrogens (tertiary/aromatic N) is 3. The molecule has 0 saturated carbocycles. The molecule has 1 saturated heterocycles. The number of aryl methyl sites for hydroxylation is 1. The number of dihydropyridines is 1. The van der Waals surface area contributed by atoms with Crippen LogP contribution in [0, 0.1) is 18.3 Å². The fraction of sp³-hybridized carbons (Fsp3) is 0.353. The van der Waals surface area contributed by atoms with Gasteiger partial charge in [-0.15, -0.1) is 0 Å². The maximum Gasteiger partial charge on any atom is 0.223 e. The van der Waals surface area contributed by atoms with E-state index < -0.39 is 0 Å². The largest absolute Gasteiger partial charge is 0.361 e. The summed E-state index contributed by atoms with van der Waals surface area (Å²) in [5.41, 5.74) is 2.83. The van der Waals surface area contributed by atoms with E-state index in [9.17, 15) is 5.26 Å². The van der Waals surface area contributed by atoms with Gasteiger partial charge in [-0.3, -0.25) is 0 Å². The van der Waals surface area contributed by atoms with E-state index in [1.807, 2.05) is 25.2 Å². The van der Waals surface area contributed by atoms with Crippen molar-refractivity contribution in [1.82, 2.24) is 20.6 Å². The zero-order valence-electron chi connectivity index (χ0n) is 13.1. The van der Waals surface area contributed by atoms with E-state index in [2.05, 4.69) is 32.0 Å². The first kappa shape index (κ1) is 15.3. The highest BCUT2D eigenvalue weighted by atomic mass is 15.1. The van der Waals surface area contributed by atoms with Crippen LogP contribution in [-0.2, 0) is 0 Å². The van der Waals surface area contributed by atoms with Gasteiger partial charge in [0.05, 0.1) is 11.4 Å². The molecule has 0 aliphatic carbocycles. The minimum absolute atomic E-state index is 0.376. The summed E-state index contributed by atoms with van der Waals surface area (Å²) in [6, 6.07) is 2.64. The highest BCUT2D eigenvalue weighted by Gasteiger charge is 2.17. The van der Waals surface area contributed by atoms with Crippen molar-refractivity contribution in [2.45, 2.75) is 25.8 Å². The van der Waals surface area contributed by atoms with Gasteiger partial charge in [-0.2, -0.15) is 5.26 Å². The first-order valence-electron chi connectivity index (χ1n) is 7.83. The molecule has 1 aromatic heterocycles. The summed E-state index contributed by atoms with van der Waals surface area (Å²) in [4.78, 5) is 8.96. The van der Waals surface area contributed by atoms with Crippen LogP contribution in [0.15, 0.2) is 36.3 Å². The average molecular weight is 308 g/mol. The van der Waals surface area contributed by atoms with Crippen LogP contribution >= 0.6 is 0 Å². The molecular weight excluding hydrogens is 288 g/mol. The second-order valence-corrected chi connectivity index (χ2v) is 5.66. The van der Waals surface area contributed by atoms with Gasteiger partial charge in [-0.05, 0) is 50.6 Å². The second kappa shape index (κ2) is 7.07. The summed E-state index contributed by atoms with van der Waals surface area (Å²) in [7, 11) is 0. The molecular formula is C17H20N6. The number of nitriles is 1. The van der Waals surface area contributed by atoms with Crippen molar-refractivity contribution in [2.75, 3.05) is 18.4 Å². The Balaban J connectivity index is 1.89. The molecule has 2 aliphatic rings. The Hall–Kier alpha value is -2.65. The zero-order valence-corrected chi connectivity index (χ0v) is 13.1. The number of anilines is 1. The van der Waals surface area contributed by atoms with Crippen LogP contribution in [-0.4, -0.2) is 29.1 Å². The van der Waals surface area contributed by atoms with E-state index in [4.69, 9.17) is 0 Å². The smallest absolute Gasteiger partial charge is 0.223 e. The lowest BCUT2D eigenvalue weighted by Gasteiger charge is -2.23. The van der Waals surface area contributed by atoms with Gasteiger partial charge in [0.2, 0.25) is 5.95 Å². The minimum Gasteiger partial charge on any atom is -0.361 e. The Morgan fingerprint density at radius 3 is 2.87 bits per heavy atom. The fourth-order valence-electron chi connectivity index (χ4n) is 2.70. The number of rotatable bonds is 3. The van der Waals surface area contributed by atoms with Crippen LogP contribution in [0.25, 0.3) is 5.57 Å². The fourth-order valence-corrected chi connectivity index (χ4v) is 2.70. The summed E-state index contributed by atoms with van der Waals surface area (Å²) in [5.74, 6) is 0.584. The first-order chi connectivity index (χ1) is 11.3. The maximum absolute atomic E-state index is 9.57. The topological polar surface area (TPSA) is 85.7 Å². The molecule has 6 heteroatoms. The number of allylic oxidation sites excluding steroid dienone is 4. The molecule has 1 aromatic rings. The highest BCUT2D eigenvalue weighted by Crippen LogP contribution is 2.22. The molecule has 0 aromatic carbocycles. The van der Waals surface area contributed by atoms with Crippen LogP contribution in [0.2, 0.25) is 0 Å². The van der Waals surface area contributed by atoms with Gasteiger partial charge in [0.1, 0.15) is 11.6 Å². The Morgan fingerprint density at radius 1 is 1.35 bits per heavy atom. The van der Waals surface area contributed by atoms with Crippen molar-refractivity contribution in [2.24, 2.45) is 0 Å². The van der Waals surface area contributed by atoms with E-state index in [0.717, 1.165) is 37.2 Å². The minimum atomic E-state index is 0.376. The number of piperidine rings is 1. The summed E-state index contributed by atoms with van der Waals surface area (Å²) in [6.07, 6.45) is 11.3. The number of aromatic nitrogens is 2. The van der Waals surface area contributed by atoms with Crippen molar-refractivity contribution in [1.29, 1.82) is 5.26 Å². The van der Waals surface area contributed by atoms with Crippen LogP contribution in [0.5, 0.6) is 0 Å². The molecule has 0 radical (unpaired) electrons. The number of nitrogens with one attached hydrogen (secondary N) is 3. The normalized spacial score (nSPS) is 19.8. The molecule has 3 heterocycles. The van der Waals surface area contributed by atoms with Crippen molar-refractivity contribution in [3.8, 4) is 6.07 Å². The Labute approximate surface area is 136 Å².